The molecule has 0 saturated carbocycles. The summed E-state index contributed by atoms with van der Waals surface area (Å²) in [7, 11) is 5.74. The molecular formula is C16H36N2O. The summed E-state index contributed by atoms with van der Waals surface area (Å²) in [4.78, 5) is 14.5. The minimum atomic E-state index is 0.181. The van der Waals surface area contributed by atoms with E-state index in [4.69, 9.17) is 0 Å². The number of amides is 1. The minimum Gasteiger partial charge on any atom is -0.349 e. The van der Waals surface area contributed by atoms with Gasteiger partial charge in [-0.25, -0.2) is 0 Å². The van der Waals surface area contributed by atoms with E-state index in [-0.39, 0.29) is 5.91 Å². The maximum atomic E-state index is 10.4. The molecule has 116 valence electrons. The Kier molecular flexibility index (Phi) is 15.1. The van der Waals surface area contributed by atoms with Crippen LogP contribution in [0.5, 0.6) is 0 Å². The molecule has 3 nitrogen and oxygen atoms in total. The molecule has 1 fully saturated rings. The van der Waals surface area contributed by atoms with Crippen molar-refractivity contribution in [3.05, 3.63) is 0 Å². The van der Waals surface area contributed by atoms with Gasteiger partial charge in [0.15, 0.2) is 0 Å². The zero-order valence-corrected chi connectivity index (χ0v) is 14.3. The minimum absolute atomic E-state index is 0.181. The van der Waals surface area contributed by atoms with Crippen LogP contribution < -0.4 is 0 Å². The van der Waals surface area contributed by atoms with Gasteiger partial charge in [0.25, 0.3) is 0 Å². The molecule has 0 aliphatic carbocycles. The van der Waals surface area contributed by atoms with E-state index in [1.165, 1.54) is 38.8 Å². The molecule has 1 aliphatic rings. The Morgan fingerprint density at radius 2 is 1.63 bits per heavy atom. The number of carbonyl (C=O) groups excluding carboxylic acids is 1. The molecule has 0 atom stereocenters. The molecule has 0 aromatic carbocycles. The van der Waals surface area contributed by atoms with Gasteiger partial charge < -0.3 is 9.80 Å². The van der Waals surface area contributed by atoms with Crippen molar-refractivity contribution in [1.29, 1.82) is 0 Å². The molecule has 19 heavy (non-hydrogen) atoms. The van der Waals surface area contributed by atoms with Crippen LogP contribution in [0.15, 0.2) is 0 Å². The van der Waals surface area contributed by atoms with Crippen LogP contribution in [0.4, 0.5) is 0 Å². The lowest BCUT2D eigenvalue weighted by Crippen LogP contribution is -2.29. The molecule has 0 bridgehead atoms. The lowest BCUT2D eigenvalue weighted by atomic mass is 9.93. The Balaban J connectivity index is 0. The molecule has 0 radical (unpaired) electrons. The second kappa shape index (κ2) is 13.9. The Labute approximate surface area is 121 Å². The largest absolute Gasteiger partial charge is 0.349 e. The third kappa shape index (κ3) is 12.2. The van der Waals surface area contributed by atoms with E-state index in [0.29, 0.717) is 6.42 Å². The Morgan fingerprint density at radius 1 is 1.16 bits per heavy atom. The van der Waals surface area contributed by atoms with E-state index in [9.17, 15) is 4.79 Å². The maximum absolute atomic E-state index is 10.4. The van der Waals surface area contributed by atoms with Crippen molar-refractivity contribution in [1.82, 2.24) is 9.80 Å². The number of nitrogens with zero attached hydrogens (tertiary/aromatic N) is 2. The first-order valence-electron chi connectivity index (χ1n) is 7.89. The molecule has 0 unspecified atom stereocenters. The van der Waals surface area contributed by atoms with Gasteiger partial charge in [0.05, 0.1) is 0 Å². The molecular weight excluding hydrogens is 236 g/mol. The van der Waals surface area contributed by atoms with Crippen LogP contribution >= 0.6 is 0 Å². The number of hydrogen-bond acceptors (Lipinski definition) is 2. The van der Waals surface area contributed by atoms with Crippen LogP contribution in [0, 0.1) is 5.92 Å². The molecule has 0 N–H and O–H groups in total. The lowest BCUT2D eigenvalue weighted by Gasteiger charge is -2.28. The van der Waals surface area contributed by atoms with Gasteiger partial charge in [-0.15, -0.1) is 0 Å². The standard InChI is InChI=1S/C9H19N.C5H11NO.C2H6/c1-3-4-9-5-7-10(2)8-6-9;1-4-5(7)6(2)3;1-2/h9H,3-8H2,1-2H3;4H2,1-3H3;1-2H3. The van der Waals surface area contributed by atoms with E-state index in [1.807, 2.05) is 20.8 Å². The summed E-state index contributed by atoms with van der Waals surface area (Å²) in [5.41, 5.74) is 0. The van der Waals surface area contributed by atoms with Crippen molar-refractivity contribution in [3.63, 3.8) is 0 Å². The van der Waals surface area contributed by atoms with Crippen molar-refractivity contribution in [2.45, 2.75) is 59.8 Å². The molecule has 0 aromatic rings. The van der Waals surface area contributed by atoms with E-state index in [2.05, 4.69) is 18.9 Å². The molecule has 1 heterocycles. The van der Waals surface area contributed by atoms with Gasteiger partial charge in [-0.3, -0.25) is 4.79 Å². The predicted octanol–water partition coefficient (Wildman–Crippen LogP) is 3.64. The fourth-order valence-corrected chi connectivity index (χ4v) is 2.08. The highest BCUT2D eigenvalue weighted by atomic mass is 16.2. The first-order valence-corrected chi connectivity index (χ1v) is 7.89. The zero-order chi connectivity index (χ0) is 15.3. The van der Waals surface area contributed by atoms with Gasteiger partial charge >= 0.3 is 0 Å². The molecule has 0 aromatic heterocycles. The number of hydrogen-bond donors (Lipinski definition) is 0. The van der Waals surface area contributed by atoms with E-state index in [1.54, 1.807) is 19.0 Å². The highest BCUT2D eigenvalue weighted by Gasteiger charge is 2.14. The number of likely N-dealkylation sites (tertiary alicyclic amines) is 1. The second-order valence-electron chi connectivity index (χ2n) is 5.18. The Bertz CT molecular complexity index is 197. The maximum Gasteiger partial charge on any atom is 0.221 e. The van der Waals surface area contributed by atoms with Crippen molar-refractivity contribution in [2.24, 2.45) is 5.92 Å². The van der Waals surface area contributed by atoms with Gasteiger partial charge in [-0.2, -0.15) is 0 Å². The fourth-order valence-electron chi connectivity index (χ4n) is 2.08. The topological polar surface area (TPSA) is 23.6 Å². The predicted molar refractivity (Wildman–Crippen MR) is 85.5 cm³/mol. The zero-order valence-electron chi connectivity index (χ0n) is 14.3. The average molecular weight is 272 g/mol. The summed E-state index contributed by atoms with van der Waals surface area (Å²) in [6, 6.07) is 0. The van der Waals surface area contributed by atoms with Gasteiger partial charge in [0, 0.05) is 20.5 Å². The second-order valence-corrected chi connectivity index (χ2v) is 5.18. The van der Waals surface area contributed by atoms with Crippen molar-refractivity contribution in [2.75, 3.05) is 34.2 Å². The van der Waals surface area contributed by atoms with Gasteiger partial charge in [-0.1, -0.05) is 40.5 Å². The summed E-state index contributed by atoms with van der Waals surface area (Å²) in [5, 5.41) is 0. The SMILES string of the molecule is CC.CCC(=O)N(C)C.CCCC1CCN(C)CC1. The Morgan fingerprint density at radius 3 is 1.89 bits per heavy atom. The third-order valence-electron chi connectivity index (χ3n) is 3.34. The molecule has 0 spiro atoms. The fraction of sp³-hybridized carbons (Fsp3) is 0.938. The third-order valence-corrected chi connectivity index (χ3v) is 3.34. The highest BCUT2D eigenvalue weighted by molar-refractivity contribution is 5.75. The van der Waals surface area contributed by atoms with E-state index in [0.717, 1.165) is 5.92 Å². The molecule has 3 heteroatoms. The van der Waals surface area contributed by atoms with Crippen LogP contribution in [0.2, 0.25) is 0 Å². The number of piperidine rings is 1. The lowest BCUT2D eigenvalue weighted by molar-refractivity contribution is -0.128. The van der Waals surface area contributed by atoms with Crippen molar-refractivity contribution in [3.8, 4) is 0 Å². The van der Waals surface area contributed by atoms with E-state index < -0.39 is 0 Å². The molecule has 1 saturated heterocycles. The summed E-state index contributed by atoms with van der Waals surface area (Å²) < 4.78 is 0. The van der Waals surface area contributed by atoms with Gasteiger partial charge in [0.1, 0.15) is 0 Å². The van der Waals surface area contributed by atoms with Gasteiger partial charge in [-0.05, 0) is 38.9 Å². The first kappa shape index (κ1) is 20.7. The van der Waals surface area contributed by atoms with Crippen molar-refractivity contribution < 1.29 is 4.79 Å². The van der Waals surface area contributed by atoms with E-state index >= 15 is 0 Å². The highest BCUT2D eigenvalue weighted by Crippen LogP contribution is 2.20. The normalized spacial score (nSPS) is 15.7. The first-order chi connectivity index (χ1) is 9.01. The smallest absolute Gasteiger partial charge is 0.221 e. The van der Waals surface area contributed by atoms with Crippen LogP contribution in [0.1, 0.15) is 59.8 Å². The quantitative estimate of drug-likeness (QED) is 0.783. The molecule has 1 rings (SSSR count). The van der Waals surface area contributed by atoms with Crippen LogP contribution in [0.3, 0.4) is 0 Å². The molecule has 1 amide bonds. The average Bonchev–Trinajstić information content (AvgIpc) is 2.43. The van der Waals surface area contributed by atoms with Gasteiger partial charge in [0.2, 0.25) is 5.91 Å². The van der Waals surface area contributed by atoms with Crippen LogP contribution in [0.25, 0.3) is 0 Å². The summed E-state index contributed by atoms with van der Waals surface area (Å²) in [6.07, 6.45) is 6.30. The Hall–Kier alpha value is -0.570. The summed E-state index contributed by atoms with van der Waals surface area (Å²) in [5.74, 6) is 1.22. The summed E-state index contributed by atoms with van der Waals surface area (Å²) >= 11 is 0. The van der Waals surface area contributed by atoms with Crippen molar-refractivity contribution >= 4 is 5.91 Å². The number of carbonyl (C=O) groups is 1. The number of rotatable bonds is 3. The summed E-state index contributed by atoms with van der Waals surface area (Å²) in [6.45, 7) is 10.8. The molecule has 1 aliphatic heterocycles. The van der Waals surface area contributed by atoms with Crippen LogP contribution in [-0.4, -0.2) is 49.9 Å². The monoisotopic (exact) mass is 272 g/mol. The van der Waals surface area contributed by atoms with Crippen LogP contribution in [-0.2, 0) is 4.79 Å².